The Labute approximate surface area is 139 Å². The van der Waals surface area contributed by atoms with E-state index in [0.29, 0.717) is 15.6 Å². The van der Waals surface area contributed by atoms with Crippen LogP contribution in [0.3, 0.4) is 0 Å². The summed E-state index contributed by atoms with van der Waals surface area (Å²) in [5.41, 5.74) is 1.89. The molecule has 0 bridgehead atoms. The number of hydrogen-bond donors (Lipinski definition) is 1. The molecule has 3 rings (SSSR count). The topological polar surface area (TPSA) is 28.7 Å². The van der Waals surface area contributed by atoms with E-state index in [9.17, 15) is 8.78 Å². The zero-order valence-electron chi connectivity index (χ0n) is 11.5. The lowest BCUT2D eigenvalue weighted by Gasteiger charge is -2.17. The molecule has 0 aliphatic carbocycles. The van der Waals surface area contributed by atoms with Crippen LogP contribution in [0.15, 0.2) is 35.1 Å². The molecule has 1 atom stereocenters. The van der Waals surface area contributed by atoms with E-state index in [2.05, 4.69) is 25.9 Å². The third-order valence-corrected chi connectivity index (χ3v) is 4.82. The van der Waals surface area contributed by atoms with Crippen LogP contribution in [0.4, 0.5) is 8.78 Å². The second kappa shape index (κ2) is 5.85. The fourth-order valence-electron chi connectivity index (χ4n) is 2.55. The molecule has 1 N–H and O–H groups in total. The van der Waals surface area contributed by atoms with Gasteiger partial charge in [-0.25, -0.2) is 8.78 Å². The Morgan fingerprint density at radius 3 is 2.82 bits per heavy atom. The summed E-state index contributed by atoms with van der Waals surface area (Å²) in [5, 5.41) is 2.07. The maximum absolute atomic E-state index is 14.5. The first-order valence-electron chi connectivity index (χ1n) is 6.59. The van der Waals surface area contributed by atoms with Gasteiger partial charge in [0.1, 0.15) is 0 Å². The Morgan fingerprint density at radius 2 is 2.09 bits per heavy atom. The molecule has 0 fully saturated rings. The number of pyridine rings is 1. The van der Waals surface area contributed by atoms with Crippen molar-refractivity contribution in [3.8, 4) is 0 Å². The summed E-state index contributed by atoms with van der Waals surface area (Å²) in [6.45, 7) is 1.82. The van der Waals surface area contributed by atoms with Gasteiger partial charge in [0.05, 0.1) is 11.2 Å². The molecule has 0 radical (unpaired) electrons. The molecule has 1 unspecified atom stereocenters. The lowest BCUT2D eigenvalue weighted by Crippen LogP contribution is -2.05. The number of fused-ring (bicyclic) bond motifs is 1. The molecule has 0 aliphatic rings. The third kappa shape index (κ3) is 2.36. The Bertz CT molecular complexity index is 876. The predicted octanol–water partition coefficient (Wildman–Crippen LogP) is 5.10. The van der Waals surface area contributed by atoms with Crippen molar-refractivity contribution in [2.45, 2.75) is 12.8 Å². The number of hydrogen-bond acceptors (Lipinski definition) is 2. The van der Waals surface area contributed by atoms with Gasteiger partial charge in [-0.15, -0.1) is 0 Å². The van der Waals surface area contributed by atoms with Crippen molar-refractivity contribution in [2.24, 2.45) is 0 Å². The number of H-pyrrole nitrogens is 1. The number of thiocarbonyl (C=S) groups is 1. The van der Waals surface area contributed by atoms with Gasteiger partial charge >= 0.3 is 0 Å². The first-order chi connectivity index (χ1) is 10.5. The number of aromatic nitrogens is 2. The summed E-state index contributed by atoms with van der Waals surface area (Å²) < 4.78 is 29.3. The van der Waals surface area contributed by atoms with Crippen molar-refractivity contribution in [1.29, 1.82) is 0 Å². The lowest BCUT2D eigenvalue weighted by molar-refractivity contribution is 0.501. The predicted molar refractivity (Wildman–Crippen MR) is 90.4 cm³/mol. The van der Waals surface area contributed by atoms with E-state index in [4.69, 9.17) is 12.2 Å². The summed E-state index contributed by atoms with van der Waals surface area (Å²) >= 11 is 8.28. The quantitative estimate of drug-likeness (QED) is 0.505. The molecule has 0 amide bonds. The third-order valence-electron chi connectivity index (χ3n) is 3.73. The molecule has 2 aromatic heterocycles. The molecule has 0 saturated heterocycles. The van der Waals surface area contributed by atoms with Gasteiger partial charge in [0, 0.05) is 39.1 Å². The molecule has 0 spiro atoms. The minimum atomic E-state index is -0.867. The van der Waals surface area contributed by atoms with E-state index < -0.39 is 11.6 Å². The number of aromatic amines is 1. The van der Waals surface area contributed by atoms with Gasteiger partial charge in [-0.2, -0.15) is 0 Å². The number of nitrogens with zero attached hydrogens (tertiary/aromatic N) is 1. The Balaban J connectivity index is 2.22. The van der Waals surface area contributed by atoms with Crippen LogP contribution >= 0.6 is 28.1 Å². The van der Waals surface area contributed by atoms with Gasteiger partial charge in [0.2, 0.25) is 0 Å². The van der Waals surface area contributed by atoms with Crippen LogP contribution in [0, 0.1) is 11.6 Å². The van der Waals surface area contributed by atoms with Crippen molar-refractivity contribution in [3.05, 3.63) is 63.5 Å². The van der Waals surface area contributed by atoms with Crippen LogP contribution in [0.25, 0.3) is 10.9 Å². The number of rotatable bonds is 3. The monoisotopic (exact) mass is 380 g/mol. The highest BCUT2D eigenvalue weighted by Crippen LogP contribution is 2.38. The molecule has 2 heterocycles. The van der Waals surface area contributed by atoms with Crippen LogP contribution in [-0.4, -0.2) is 15.3 Å². The molecule has 3 aromatic rings. The van der Waals surface area contributed by atoms with Crippen LogP contribution in [0.1, 0.15) is 29.7 Å². The van der Waals surface area contributed by atoms with Gasteiger partial charge in [-0.3, -0.25) is 4.98 Å². The largest absolute Gasteiger partial charge is 0.359 e. The zero-order chi connectivity index (χ0) is 15.9. The minimum absolute atomic E-state index is 0.162. The number of benzene rings is 1. The highest BCUT2D eigenvalue weighted by atomic mass is 79.9. The standard InChI is InChI=1S/C16H11BrF2N2S/c1-8(9-2-4-20-10(6-9)7-22)12-13(17)11-3-5-21-16(11)15(19)14(12)18/h2-8,21H,1H3. The van der Waals surface area contributed by atoms with Gasteiger partial charge in [-0.05, 0) is 39.7 Å². The van der Waals surface area contributed by atoms with Crippen LogP contribution in [0.5, 0.6) is 0 Å². The second-order valence-electron chi connectivity index (χ2n) is 4.98. The SMILES string of the molecule is CC(c1ccnc(C=S)c1)c1c(F)c(F)c2[nH]ccc2c1Br. The Morgan fingerprint density at radius 1 is 1.32 bits per heavy atom. The van der Waals surface area contributed by atoms with Crippen molar-refractivity contribution < 1.29 is 8.78 Å². The second-order valence-corrected chi connectivity index (χ2v) is 6.00. The van der Waals surface area contributed by atoms with E-state index in [0.717, 1.165) is 5.56 Å². The Kier molecular flexibility index (Phi) is 4.06. The summed E-state index contributed by atoms with van der Waals surface area (Å²) in [4.78, 5) is 6.81. The summed E-state index contributed by atoms with van der Waals surface area (Å²) in [6, 6.07) is 5.27. The lowest BCUT2D eigenvalue weighted by atomic mass is 9.92. The smallest absolute Gasteiger partial charge is 0.183 e. The number of nitrogens with one attached hydrogen (secondary N) is 1. The highest BCUT2D eigenvalue weighted by Gasteiger charge is 2.24. The molecular weight excluding hydrogens is 370 g/mol. The average molecular weight is 381 g/mol. The van der Waals surface area contributed by atoms with Crippen LogP contribution in [-0.2, 0) is 0 Å². The van der Waals surface area contributed by atoms with Gasteiger partial charge in [0.15, 0.2) is 11.6 Å². The first kappa shape index (κ1) is 15.2. The van der Waals surface area contributed by atoms with E-state index >= 15 is 0 Å². The molecule has 0 saturated carbocycles. The van der Waals surface area contributed by atoms with Crippen molar-refractivity contribution in [2.75, 3.05) is 0 Å². The molecular formula is C16H11BrF2N2S. The van der Waals surface area contributed by atoms with Gasteiger partial charge in [-0.1, -0.05) is 19.1 Å². The molecule has 0 aliphatic heterocycles. The fraction of sp³-hybridized carbons (Fsp3) is 0.125. The molecule has 6 heteroatoms. The maximum Gasteiger partial charge on any atom is 0.183 e. The number of halogens is 3. The summed E-state index contributed by atoms with van der Waals surface area (Å²) in [7, 11) is 0. The maximum atomic E-state index is 14.5. The molecule has 2 nitrogen and oxygen atoms in total. The van der Waals surface area contributed by atoms with Crippen LogP contribution in [0.2, 0.25) is 0 Å². The summed E-state index contributed by atoms with van der Waals surface area (Å²) in [5.74, 6) is -2.07. The molecule has 22 heavy (non-hydrogen) atoms. The van der Waals surface area contributed by atoms with Crippen molar-refractivity contribution in [1.82, 2.24) is 9.97 Å². The first-order valence-corrected chi connectivity index (χ1v) is 7.85. The van der Waals surface area contributed by atoms with Gasteiger partial charge in [0.25, 0.3) is 0 Å². The van der Waals surface area contributed by atoms with Crippen LogP contribution < -0.4 is 0 Å². The van der Waals surface area contributed by atoms with Gasteiger partial charge < -0.3 is 4.98 Å². The normalized spacial score (nSPS) is 12.5. The molecule has 112 valence electrons. The van der Waals surface area contributed by atoms with E-state index in [1.807, 2.05) is 6.92 Å². The Hall–Kier alpha value is -1.66. The average Bonchev–Trinajstić information content (AvgIpc) is 3.03. The van der Waals surface area contributed by atoms with Crippen molar-refractivity contribution in [3.63, 3.8) is 0 Å². The fourth-order valence-corrected chi connectivity index (χ4v) is 3.53. The van der Waals surface area contributed by atoms with E-state index in [1.54, 1.807) is 30.6 Å². The minimum Gasteiger partial charge on any atom is -0.359 e. The van der Waals surface area contributed by atoms with E-state index in [1.165, 1.54) is 5.37 Å². The van der Waals surface area contributed by atoms with E-state index in [-0.39, 0.29) is 17.0 Å². The zero-order valence-corrected chi connectivity index (χ0v) is 13.9. The molecule has 1 aromatic carbocycles. The van der Waals surface area contributed by atoms with Crippen molar-refractivity contribution >= 4 is 44.4 Å². The highest BCUT2D eigenvalue weighted by molar-refractivity contribution is 9.10. The summed E-state index contributed by atoms with van der Waals surface area (Å²) in [6.07, 6.45) is 3.20.